The summed E-state index contributed by atoms with van der Waals surface area (Å²) in [6, 6.07) is 5.09. The Bertz CT molecular complexity index is 765. The van der Waals surface area contributed by atoms with Crippen molar-refractivity contribution < 1.29 is 19.1 Å². The Labute approximate surface area is 167 Å². The highest BCUT2D eigenvalue weighted by Gasteiger charge is 2.26. The van der Waals surface area contributed by atoms with Gasteiger partial charge in [-0.3, -0.25) is 4.79 Å². The molecule has 1 aliphatic heterocycles. The van der Waals surface area contributed by atoms with Gasteiger partial charge in [0.25, 0.3) is 5.91 Å². The van der Waals surface area contributed by atoms with Gasteiger partial charge < -0.3 is 19.6 Å². The minimum absolute atomic E-state index is 0.110. The molecular weight excluding hydrogens is 399 g/mol. The number of quaternary nitrogens is 2. The molecule has 3 N–H and O–H groups in total. The number of nitrogens with zero attached hydrogens (tertiary/aromatic N) is 1. The van der Waals surface area contributed by atoms with E-state index in [-0.39, 0.29) is 5.91 Å². The van der Waals surface area contributed by atoms with Crippen molar-refractivity contribution in [2.75, 3.05) is 38.0 Å². The number of hydrogen-bond donors (Lipinski definition) is 3. The molecule has 140 valence electrons. The third kappa shape index (κ3) is 5.11. The molecule has 1 aliphatic rings. The molecule has 1 aromatic heterocycles. The Balaban J connectivity index is 1.48. The zero-order chi connectivity index (χ0) is 18.7. The first-order chi connectivity index (χ1) is 12.4. The van der Waals surface area contributed by atoms with Gasteiger partial charge in [-0.15, -0.1) is 0 Å². The number of amides is 1. The molecule has 0 aliphatic carbocycles. The molecule has 0 unspecified atom stereocenters. The molecule has 26 heavy (non-hydrogen) atoms. The first-order valence-corrected chi connectivity index (χ1v) is 9.58. The van der Waals surface area contributed by atoms with E-state index in [0.29, 0.717) is 27.3 Å². The highest BCUT2D eigenvalue weighted by molar-refractivity contribution is 6.42. The van der Waals surface area contributed by atoms with E-state index in [1.165, 1.54) is 9.80 Å². The average Bonchev–Trinajstić information content (AvgIpc) is 2.98. The van der Waals surface area contributed by atoms with Crippen molar-refractivity contribution in [3.63, 3.8) is 0 Å². The summed E-state index contributed by atoms with van der Waals surface area (Å²) in [6.07, 6.45) is 0. The van der Waals surface area contributed by atoms with Crippen molar-refractivity contribution in [2.45, 2.75) is 13.5 Å². The van der Waals surface area contributed by atoms with Crippen LogP contribution in [0.15, 0.2) is 22.7 Å². The molecule has 2 aromatic rings. The third-order valence-corrected chi connectivity index (χ3v) is 5.27. The predicted octanol–water partition coefficient (Wildman–Crippen LogP) is 0.865. The Morgan fingerprint density at radius 3 is 2.31 bits per heavy atom. The monoisotopic (exact) mass is 418 g/mol. The van der Waals surface area contributed by atoms with Gasteiger partial charge in [0.2, 0.25) is 0 Å². The summed E-state index contributed by atoms with van der Waals surface area (Å²) in [5, 5.41) is 7.95. The first kappa shape index (κ1) is 19.5. The minimum Gasteiger partial charge on any atom is -0.361 e. The topological polar surface area (TPSA) is 64.0 Å². The van der Waals surface area contributed by atoms with Gasteiger partial charge in [0.15, 0.2) is 6.54 Å². The Hall–Kier alpha value is -1.31. The zero-order valence-electron chi connectivity index (χ0n) is 14.4. The van der Waals surface area contributed by atoms with Gasteiger partial charge in [-0.05, 0) is 19.1 Å². The smallest absolute Gasteiger partial charge is 0.279 e. The van der Waals surface area contributed by atoms with Crippen molar-refractivity contribution in [1.82, 2.24) is 5.16 Å². The van der Waals surface area contributed by atoms with Crippen LogP contribution in [0.2, 0.25) is 15.1 Å². The Kier molecular flexibility index (Phi) is 6.42. The number of piperazine rings is 1. The van der Waals surface area contributed by atoms with Crippen LogP contribution < -0.4 is 15.1 Å². The number of benzene rings is 1. The zero-order valence-corrected chi connectivity index (χ0v) is 16.6. The molecule has 0 spiro atoms. The lowest BCUT2D eigenvalue weighted by atomic mass is 10.2. The van der Waals surface area contributed by atoms with Gasteiger partial charge in [0, 0.05) is 11.1 Å². The molecule has 3 rings (SSSR count). The maximum Gasteiger partial charge on any atom is 0.279 e. The number of aryl methyl sites for hydroxylation is 1. The summed E-state index contributed by atoms with van der Waals surface area (Å²) in [5.74, 6) is 0.724. The molecule has 6 nitrogen and oxygen atoms in total. The predicted molar refractivity (Wildman–Crippen MR) is 101 cm³/mol. The van der Waals surface area contributed by atoms with E-state index in [9.17, 15) is 4.79 Å². The lowest BCUT2D eigenvalue weighted by Gasteiger charge is -2.28. The van der Waals surface area contributed by atoms with Crippen molar-refractivity contribution in [1.29, 1.82) is 0 Å². The van der Waals surface area contributed by atoms with Crippen LogP contribution in [-0.2, 0) is 11.3 Å². The molecule has 1 amide bonds. The second-order valence-corrected chi connectivity index (χ2v) is 7.83. The van der Waals surface area contributed by atoms with Crippen LogP contribution in [0.5, 0.6) is 0 Å². The largest absolute Gasteiger partial charge is 0.361 e. The standard InChI is InChI=1S/C17H19Cl3N4O2/c1-11-6-13(22-26-11)9-23-2-4-24(5-3-23)10-16(25)21-17-14(19)7-12(18)8-15(17)20/h6-8H,2-5,9-10H2,1H3,(H,21,25)/p+2. The molecule has 0 bridgehead atoms. The second kappa shape index (κ2) is 8.59. The van der Waals surface area contributed by atoms with Gasteiger partial charge in [-0.1, -0.05) is 40.0 Å². The number of rotatable bonds is 5. The quantitative estimate of drug-likeness (QED) is 0.674. The molecule has 2 heterocycles. The van der Waals surface area contributed by atoms with Gasteiger partial charge in [-0.2, -0.15) is 0 Å². The summed E-state index contributed by atoms with van der Waals surface area (Å²) in [5.41, 5.74) is 1.39. The average molecular weight is 420 g/mol. The van der Waals surface area contributed by atoms with E-state index in [1.54, 1.807) is 12.1 Å². The lowest BCUT2D eigenvalue weighted by molar-refractivity contribution is -1.02. The van der Waals surface area contributed by atoms with Gasteiger partial charge in [-0.25, -0.2) is 0 Å². The maximum atomic E-state index is 12.3. The van der Waals surface area contributed by atoms with E-state index in [0.717, 1.165) is 44.2 Å². The van der Waals surface area contributed by atoms with Crippen LogP contribution in [0.25, 0.3) is 0 Å². The van der Waals surface area contributed by atoms with Crippen molar-refractivity contribution in [3.8, 4) is 0 Å². The van der Waals surface area contributed by atoms with Crippen molar-refractivity contribution in [3.05, 3.63) is 44.7 Å². The number of halogens is 3. The molecule has 0 radical (unpaired) electrons. The molecule has 1 aromatic carbocycles. The summed E-state index contributed by atoms with van der Waals surface area (Å²) in [6.45, 7) is 6.93. The normalized spacial score (nSPS) is 20.2. The molecular formula is C17H21Cl3N4O2+2. The molecule has 1 fully saturated rings. The highest BCUT2D eigenvalue weighted by atomic mass is 35.5. The molecule has 0 atom stereocenters. The third-order valence-electron chi connectivity index (χ3n) is 4.45. The fourth-order valence-electron chi connectivity index (χ4n) is 3.14. The number of hydrogen-bond acceptors (Lipinski definition) is 3. The van der Waals surface area contributed by atoms with Gasteiger partial charge in [0.1, 0.15) is 44.2 Å². The fourth-order valence-corrected chi connectivity index (χ4v) is 4.05. The number of anilines is 1. The number of carbonyl (C=O) groups excluding carboxylic acids is 1. The van der Waals surface area contributed by atoms with Crippen LogP contribution in [-0.4, -0.2) is 43.8 Å². The van der Waals surface area contributed by atoms with Crippen LogP contribution >= 0.6 is 34.8 Å². The van der Waals surface area contributed by atoms with E-state index < -0.39 is 0 Å². The Morgan fingerprint density at radius 2 is 1.73 bits per heavy atom. The summed E-state index contributed by atoms with van der Waals surface area (Å²) >= 11 is 18.1. The number of aromatic nitrogens is 1. The molecule has 1 saturated heterocycles. The summed E-state index contributed by atoms with van der Waals surface area (Å²) in [7, 11) is 0. The van der Waals surface area contributed by atoms with Gasteiger partial charge >= 0.3 is 0 Å². The Morgan fingerprint density at radius 1 is 1.12 bits per heavy atom. The fraction of sp³-hybridized carbons (Fsp3) is 0.412. The summed E-state index contributed by atoms with van der Waals surface area (Å²) in [4.78, 5) is 15.0. The first-order valence-electron chi connectivity index (χ1n) is 8.44. The van der Waals surface area contributed by atoms with Crippen molar-refractivity contribution in [2.24, 2.45) is 0 Å². The highest BCUT2D eigenvalue weighted by Crippen LogP contribution is 2.33. The van der Waals surface area contributed by atoms with Crippen LogP contribution in [0.4, 0.5) is 5.69 Å². The number of carbonyl (C=O) groups is 1. The second-order valence-electron chi connectivity index (χ2n) is 6.58. The van der Waals surface area contributed by atoms with Crippen LogP contribution in [0.3, 0.4) is 0 Å². The van der Waals surface area contributed by atoms with Gasteiger partial charge in [0.05, 0.1) is 15.7 Å². The van der Waals surface area contributed by atoms with E-state index in [2.05, 4.69) is 10.5 Å². The van der Waals surface area contributed by atoms with Crippen molar-refractivity contribution >= 4 is 46.4 Å². The van der Waals surface area contributed by atoms with Crippen LogP contribution in [0, 0.1) is 6.92 Å². The summed E-state index contributed by atoms with van der Waals surface area (Å²) < 4.78 is 5.11. The molecule has 0 saturated carbocycles. The van der Waals surface area contributed by atoms with E-state index in [1.807, 2.05) is 13.0 Å². The molecule has 9 heteroatoms. The lowest BCUT2D eigenvalue weighted by Crippen LogP contribution is -3.28. The van der Waals surface area contributed by atoms with E-state index >= 15 is 0 Å². The number of nitrogens with one attached hydrogen (secondary N) is 3. The van der Waals surface area contributed by atoms with Crippen LogP contribution in [0.1, 0.15) is 11.5 Å². The SMILES string of the molecule is Cc1cc(C[NH+]2CC[NH+](CC(=O)Nc3c(Cl)cc(Cl)cc3Cl)CC2)no1. The van der Waals surface area contributed by atoms with E-state index in [4.69, 9.17) is 39.3 Å². The maximum absolute atomic E-state index is 12.3. The minimum atomic E-state index is -0.110.